The Morgan fingerprint density at radius 3 is 2.71 bits per heavy atom. The van der Waals surface area contributed by atoms with Gasteiger partial charge in [0.1, 0.15) is 5.82 Å². The minimum Gasteiger partial charge on any atom is -0.253 e. The van der Waals surface area contributed by atoms with Gasteiger partial charge in [-0.05, 0) is 34.7 Å². The van der Waals surface area contributed by atoms with Crippen LogP contribution in [0, 0.1) is 9.39 Å². The molecule has 2 aromatic rings. The third-order valence-corrected chi connectivity index (χ3v) is 3.39. The predicted octanol–water partition coefficient (Wildman–Crippen LogP) is 4.29. The van der Waals surface area contributed by atoms with Gasteiger partial charge in [-0.15, -0.1) is 0 Å². The number of fused-ring (bicyclic) bond motifs is 1. The molecule has 1 aromatic carbocycles. The van der Waals surface area contributed by atoms with Gasteiger partial charge in [-0.1, -0.05) is 23.2 Å². The average molecular weight is 342 g/mol. The molecule has 0 aliphatic rings. The smallest absolute Gasteiger partial charge is 0.125 e. The molecule has 0 radical (unpaired) electrons. The van der Waals surface area contributed by atoms with E-state index in [1.807, 2.05) is 22.6 Å². The molecule has 0 saturated heterocycles. The van der Waals surface area contributed by atoms with Crippen LogP contribution in [0.25, 0.3) is 10.9 Å². The normalized spacial score (nSPS) is 10.9. The van der Waals surface area contributed by atoms with Crippen LogP contribution in [0.3, 0.4) is 0 Å². The van der Waals surface area contributed by atoms with Gasteiger partial charge in [0.2, 0.25) is 0 Å². The Balaban J connectivity index is 2.95. The van der Waals surface area contributed by atoms with E-state index in [-0.39, 0.29) is 5.82 Å². The van der Waals surface area contributed by atoms with Crippen molar-refractivity contribution in [1.29, 1.82) is 0 Å². The summed E-state index contributed by atoms with van der Waals surface area (Å²) in [6.45, 7) is 0. The number of pyridine rings is 1. The molecule has 1 heterocycles. The van der Waals surface area contributed by atoms with Crippen molar-refractivity contribution in [3.8, 4) is 0 Å². The summed E-state index contributed by atoms with van der Waals surface area (Å²) in [7, 11) is 0. The summed E-state index contributed by atoms with van der Waals surface area (Å²) in [5.41, 5.74) is 0.668. The molecular formula is C9H3Cl2FIN. The van der Waals surface area contributed by atoms with Crippen LogP contribution >= 0.6 is 45.8 Å². The lowest BCUT2D eigenvalue weighted by molar-refractivity contribution is 0.628. The molecule has 1 aromatic heterocycles. The summed E-state index contributed by atoms with van der Waals surface area (Å²) < 4.78 is 13.8. The Morgan fingerprint density at radius 1 is 1.29 bits per heavy atom. The van der Waals surface area contributed by atoms with Gasteiger partial charge in [-0.3, -0.25) is 4.98 Å². The van der Waals surface area contributed by atoms with Crippen molar-refractivity contribution in [2.24, 2.45) is 0 Å². The first-order valence-electron chi connectivity index (χ1n) is 3.68. The van der Waals surface area contributed by atoms with E-state index in [1.165, 1.54) is 18.3 Å². The standard InChI is InChI=1S/C9H3Cl2FIN/c10-6-3-14-9-5(8(6)11)1-4(12)2-7(9)13/h1-3H. The van der Waals surface area contributed by atoms with E-state index in [1.54, 1.807) is 0 Å². The molecule has 2 rings (SSSR count). The van der Waals surface area contributed by atoms with E-state index in [2.05, 4.69) is 4.98 Å². The molecule has 0 aliphatic carbocycles. The van der Waals surface area contributed by atoms with E-state index in [9.17, 15) is 4.39 Å². The van der Waals surface area contributed by atoms with Crippen LogP contribution < -0.4 is 0 Å². The summed E-state index contributed by atoms with van der Waals surface area (Å²) in [5.74, 6) is -0.340. The van der Waals surface area contributed by atoms with Crippen LogP contribution in [-0.2, 0) is 0 Å². The van der Waals surface area contributed by atoms with E-state index < -0.39 is 0 Å². The maximum Gasteiger partial charge on any atom is 0.125 e. The first-order chi connectivity index (χ1) is 6.59. The maximum absolute atomic E-state index is 13.1. The van der Waals surface area contributed by atoms with Crippen molar-refractivity contribution in [2.75, 3.05) is 0 Å². The fraction of sp³-hybridized carbons (Fsp3) is 0. The number of benzene rings is 1. The number of aromatic nitrogens is 1. The topological polar surface area (TPSA) is 12.9 Å². The molecule has 0 bridgehead atoms. The number of hydrogen-bond donors (Lipinski definition) is 0. The first kappa shape index (κ1) is 10.4. The Kier molecular flexibility index (Phi) is 2.81. The fourth-order valence-electron chi connectivity index (χ4n) is 1.17. The molecule has 0 atom stereocenters. The van der Waals surface area contributed by atoms with Crippen molar-refractivity contribution in [3.05, 3.63) is 37.8 Å². The maximum atomic E-state index is 13.1. The molecule has 0 fully saturated rings. The van der Waals surface area contributed by atoms with Gasteiger partial charge in [-0.2, -0.15) is 0 Å². The van der Waals surface area contributed by atoms with Crippen LogP contribution in [0.15, 0.2) is 18.3 Å². The number of hydrogen-bond acceptors (Lipinski definition) is 1. The van der Waals surface area contributed by atoms with Gasteiger partial charge < -0.3 is 0 Å². The van der Waals surface area contributed by atoms with E-state index in [4.69, 9.17) is 23.2 Å². The zero-order valence-electron chi connectivity index (χ0n) is 6.69. The van der Waals surface area contributed by atoms with E-state index >= 15 is 0 Å². The Labute approximate surface area is 103 Å². The van der Waals surface area contributed by atoms with Gasteiger partial charge in [0.05, 0.1) is 15.6 Å². The van der Waals surface area contributed by atoms with Crippen LogP contribution in [0.1, 0.15) is 0 Å². The Morgan fingerprint density at radius 2 is 2.00 bits per heavy atom. The second-order valence-electron chi connectivity index (χ2n) is 2.70. The summed E-state index contributed by atoms with van der Waals surface area (Å²) >= 11 is 13.7. The lowest BCUT2D eigenvalue weighted by Gasteiger charge is -2.03. The van der Waals surface area contributed by atoms with Gasteiger partial charge in [0.15, 0.2) is 0 Å². The van der Waals surface area contributed by atoms with Crippen molar-refractivity contribution < 1.29 is 4.39 Å². The molecular weight excluding hydrogens is 339 g/mol. The van der Waals surface area contributed by atoms with Crippen LogP contribution in [0.4, 0.5) is 4.39 Å². The average Bonchev–Trinajstić information content (AvgIpc) is 2.12. The Bertz CT molecular complexity index is 516. The molecule has 0 N–H and O–H groups in total. The number of rotatable bonds is 0. The Hall–Kier alpha value is -0.130. The van der Waals surface area contributed by atoms with Gasteiger partial charge in [0.25, 0.3) is 0 Å². The number of halogens is 4. The third-order valence-electron chi connectivity index (χ3n) is 1.78. The highest BCUT2D eigenvalue weighted by molar-refractivity contribution is 14.1. The molecule has 5 heteroatoms. The lowest BCUT2D eigenvalue weighted by Crippen LogP contribution is -1.87. The molecule has 0 unspecified atom stereocenters. The van der Waals surface area contributed by atoms with E-state index in [0.717, 1.165) is 3.57 Å². The summed E-state index contributed by atoms with van der Waals surface area (Å²) in [6.07, 6.45) is 1.46. The predicted molar refractivity (Wildman–Crippen MR) is 64.4 cm³/mol. The van der Waals surface area contributed by atoms with Crippen LogP contribution in [0.2, 0.25) is 10.0 Å². The van der Waals surface area contributed by atoms with Crippen LogP contribution in [-0.4, -0.2) is 4.98 Å². The summed E-state index contributed by atoms with van der Waals surface area (Å²) in [5, 5.41) is 1.22. The summed E-state index contributed by atoms with van der Waals surface area (Å²) in [6, 6.07) is 2.73. The minimum absolute atomic E-state index is 0.334. The molecule has 72 valence electrons. The molecule has 1 nitrogen and oxygen atoms in total. The highest BCUT2D eigenvalue weighted by Crippen LogP contribution is 2.31. The largest absolute Gasteiger partial charge is 0.253 e. The van der Waals surface area contributed by atoms with Crippen LogP contribution in [0.5, 0.6) is 0 Å². The quantitative estimate of drug-likeness (QED) is 0.651. The fourth-order valence-corrected chi connectivity index (χ4v) is 2.24. The number of nitrogens with zero attached hydrogens (tertiary/aromatic N) is 1. The first-order valence-corrected chi connectivity index (χ1v) is 5.52. The highest BCUT2D eigenvalue weighted by atomic mass is 127. The molecule has 0 amide bonds. The molecule has 14 heavy (non-hydrogen) atoms. The second kappa shape index (κ2) is 3.79. The minimum atomic E-state index is -0.340. The van der Waals surface area contributed by atoms with Gasteiger partial charge in [0, 0.05) is 15.2 Å². The van der Waals surface area contributed by atoms with Crippen molar-refractivity contribution in [2.45, 2.75) is 0 Å². The zero-order valence-corrected chi connectivity index (χ0v) is 10.4. The third kappa shape index (κ3) is 1.68. The lowest BCUT2D eigenvalue weighted by atomic mass is 10.2. The molecule has 0 aliphatic heterocycles. The highest BCUT2D eigenvalue weighted by Gasteiger charge is 2.09. The second-order valence-corrected chi connectivity index (χ2v) is 4.65. The van der Waals surface area contributed by atoms with Crippen molar-refractivity contribution in [3.63, 3.8) is 0 Å². The van der Waals surface area contributed by atoms with Crippen molar-refractivity contribution in [1.82, 2.24) is 4.98 Å². The molecule has 0 saturated carbocycles. The molecule has 0 spiro atoms. The monoisotopic (exact) mass is 341 g/mol. The SMILES string of the molecule is Fc1cc(I)c2ncc(Cl)c(Cl)c2c1. The van der Waals surface area contributed by atoms with Gasteiger partial charge >= 0.3 is 0 Å². The van der Waals surface area contributed by atoms with Gasteiger partial charge in [-0.25, -0.2) is 4.39 Å². The van der Waals surface area contributed by atoms with E-state index in [0.29, 0.717) is 20.9 Å². The zero-order chi connectivity index (χ0) is 10.3. The van der Waals surface area contributed by atoms with Crippen molar-refractivity contribution >= 4 is 56.7 Å². The summed E-state index contributed by atoms with van der Waals surface area (Å²) in [4.78, 5) is 4.09.